The molecular weight excluding hydrogens is 208 g/mol. The first kappa shape index (κ1) is 12.2. The summed E-state index contributed by atoms with van der Waals surface area (Å²) in [5.41, 5.74) is 6.93. The molecule has 84 valence electrons. The van der Waals surface area contributed by atoms with Crippen LogP contribution in [0.1, 0.15) is 30.7 Å². The van der Waals surface area contributed by atoms with Crippen LogP contribution in [0.3, 0.4) is 0 Å². The summed E-state index contributed by atoms with van der Waals surface area (Å²) < 4.78 is 0. The van der Waals surface area contributed by atoms with Gasteiger partial charge in [-0.05, 0) is 29.9 Å². The van der Waals surface area contributed by atoms with E-state index in [1.807, 2.05) is 6.92 Å². The van der Waals surface area contributed by atoms with Crippen LogP contribution in [0.4, 0.5) is 0 Å². The highest BCUT2D eigenvalue weighted by molar-refractivity contribution is 7.10. The first-order valence-electron chi connectivity index (χ1n) is 5.27. The van der Waals surface area contributed by atoms with Gasteiger partial charge in [0.15, 0.2) is 0 Å². The van der Waals surface area contributed by atoms with E-state index >= 15 is 0 Å². The van der Waals surface area contributed by atoms with Gasteiger partial charge >= 0.3 is 0 Å². The quantitative estimate of drug-likeness (QED) is 0.802. The van der Waals surface area contributed by atoms with Crippen molar-refractivity contribution in [2.75, 3.05) is 0 Å². The fourth-order valence-electron chi connectivity index (χ4n) is 1.32. The molecule has 1 amide bonds. The Kier molecular flexibility index (Phi) is 4.78. The molecule has 1 atom stereocenters. The van der Waals surface area contributed by atoms with Crippen molar-refractivity contribution in [2.45, 2.75) is 39.3 Å². The largest absolute Gasteiger partial charge is 0.350 e. The Labute approximate surface area is 94.7 Å². The first-order valence-corrected chi connectivity index (χ1v) is 6.15. The maximum Gasteiger partial charge on any atom is 0.237 e. The maximum atomic E-state index is 11.4. The molecule has 0 saturated carbocycles. The number of nitrogens with two attached hydrogens (primary N) is 1. The van der Waals surface area contributed by atoms with Crippen LogP contribution < -0.4 is 11.1 Å². The van der Waals surface area contributed by atoms with Crippen molar-refractivity contribution in [1.82, 2.24) is 5.32 Å². The van der Waals surface area contributed by atoms with Gasteiger partial charge in [-0.15, -0.1) is 11.3 Å². The van der Waals surface area contributed by atoms with Crippen LogP contribution in [0.25, 0.3) is 0 Å². The van der Waals surface area contributed by atoms with Crippen molar-refractivity contribution in [3.63, 3.8) is 0 Å². The van der Waals surface area contributed by atoms with Crippen LogP contribution in [-0.4, -0.2) is 11.9 Å². The first-order chi connectivity index (χ1) is 7.19. The minimum atomic E-state index is -0.380. The van der Waals surface area contributed by atoms with E-state index in [9.17, 15) is 4.79 Å². The number of hydrogen-bond acceptors (Lipinski definition) is 3. The fraction of sp³-hybridized carbons (Fsp3) is 0.545. The topological polar surface area (TPSA) is 55.1 Å². The lowest BCUT2D eigenvalue weighted by atomic mass is 10.2. The Balaban J connectivity index is 2.47. The summed E-state index contributed by atoms with van der Waals surface area (Å²) in [6.07, 6.45) is 1.69. The average molecular weight is 226 g/mol. The summed E-state index contributed by atoms with van der Waals surface area (Å²) in [5.74, 6) is -0.0621. The van der Waals surface area contributed by atoms with E-state index in [0.29, 0.717) is 13.0 Å². The van der Waals surface area contributed by atoms with Crippen molar-refractivity contribution in [3.05, 3.63) is 21.9 Å². The van der Waals surface area contributed by atoms with E-state index in [-0.39, 0.29) is 11.9 Å². The van der Waals surface area contributed by atoms with E-state index in [0.717, 1.165) is 6.42 Å². The number of hydrogen-bond donors (Lipinski definition) is 2. The summed E-state index contributed by atoms with van der Waals surface area (Å²) >= 11 is 1.68. The van der Waals surface area contributed by atoms with Crippen molar-refractivity contribution in [3.8, 4) is 0 Å². The number of rotatable bonds is 5. The van der Waals surface area contributed by atoms with Crippen LogP contribution in [0.5, 0.6) is 0 Å². The molecule has 0 aromatic carbocycles. The Morgan fingerprint density at radius 1 is 1.60 bits per heavy atom. The SMILES string of the molecule is CCc1ccsc1CNC(=O)C(N)CC. The smallest absolute Gasteiger partial charge is 0.237 e. The summed E-state index contributed by atoms with van der Waals surface area (Å²) in [5, 5.41) is 4.91. The number of nitrogens with one attached hydrogen (secondary N) is 1. The molecule has 0 fully saturated rings. The molecule has 3 nitrogen and oxygen atoms in total. The van der Waals surface area contributed by atoms with Gasteiger partial charge in [-0.1, -0.05) is 13.8 Å². The zero-order chi connectivity index (χ0) is 11.3. The third kappa shape index (κ3) is 3.32. The van der Waals surface area contributed by atoms with Gasteiger partial charge in [0.2, 0.25) is 5.91 Å². The van der Waals surface area contributed by atoms with Crippen LogP contribution in [0.2, 0.25) is 0 Å². The molecule has 1 rings (SSSR count). The van der Waals surface area contributed by atoms with Gasteiger partial charge in [-0.2, -0.15) is 0 Å². The van der Waals surface area contributed by atoms with Crippen molar-refractivity contribution < 1.29 is 4.79 Å². The summed E-state index contributed by atoms with van der Waals surface area (Å²) in [7, 11) is 0. The number of aryl methyl sites for hydroxylation is 1. The van der Waals surface area contributed by atoms with Gasteiger partial charge in [0.25, 0.3) is 0 Å². The average Bonchev–Trinajstić information content (AvgIpc) is 2.71. The maximum absolute atomic E-state index is 11.4. The molecule has 1 aromatic rings. The molecule has 0 aliphatic rings. The van der Waals surface area contributed by atoms with Crippen LogP contribution in [-0.2, 0) is 17.8 Å². The lowest BCUT2D eigenvalue weighted by Gasteiger charge is -2.09. The predicted octanol–water partition coefficient (Wildman–Crippen LogP) is 1.66. The molecule has 0 bridgehead atoms. The van der Waals surface area contributed by atoms with Gasteiger partial charge in [-0.3, -0.25) is 4.79 Å². The lowest BCUT2D eigenvalue weighted by molar-refractivity contribution is -0.122. The molecule has 15 heavy (non-hydrogen) atoms. The molecule has 1 aromatic heterocycles. The molecule has 0 radical (unpaired) electrons. The minimum absolute atomic E-state index is 0.0621. The molecule has 0 aliphatic carbocycles. The van der Waals surface area contributed by atoms with Gasteiger partial charge in [0, 0.05) is 4.88 Å². The third-order valence-corrected chi connectivity index (χ3v) is 3.38. The molecule has 1 heterocycles. The molecule has 4 heteroatoms. The zero-order valence-corrected chi connectivity index (χ0v) is 10.1. The second-order valence-corrected chi connectivity index (χ2v) is 4.46. The van der Waals surface area contributed by atoms with Crippen LogP contribution in [0, 0.1) is 0 Å². The van der Waals surface area contributed by atoms with Gasteiger partial charge in [0.05, 0.1) is 12.6 Å². The van der Waals surface area contributed by atoms with Gasteiger partial charge in [-0.25, -0.2) is 0 Å². The van der Waals surface area contributed by atoms with Crippen molar-refractivity contribution in [2.24, 2.45) is 5.73 Å². The highest BCUT2D eigenvalue weighted by atomic mass is 32.1. The molecule has 3 N–H and O–H groups in total. The number of carbonyl (C=O) groups excluding carboxylic acids is 1. The van der Waals surface area contributed by atoms with E-state index in [1.54, 1.807) is 11.3 Å². The van der Waals surface area contributed by atoms with E-state index < -0.39 is 0 Å². The van der Waals surface area contributed by atoms with E-state index in [1.165, 1.54) is 10.4 Å². The lowest BCUT2D eigenvalue weighted by Crippen LogP contribution is -2.39. The second-order valence-electron chi connectivity index (χ2n) is 3.46. The minimum Gasteiger partial charge on any atom is -0.350 e. The highest BCUT2D eigenvalue weighted by Crippen LogP contribution is 2.16. The fourth-order valence-corrected chi connectivity index (χ4v) is 2.24. The third-order valence-electron chi connectivity index (χ3n) is 2.42. The Hall–Kier alpha value is -0.870. The molecule has 0 spiro atoms. The van der Waals surface area contributed by atoms with Crippen LogP contribution >= 0.6 is 11.3 Å². The normalized spacial score (nSPS) is 12.5. The summed E-state index contributed by atoms with van der Waals surface area (Å²) in [6.45, 7) is 4.63. The van der Waals surface area contributed by atoms with Crippen molar-refractivity contribution in [1.29, 1.82) is 0 Å². The Bertz CT molecular complexity index is 322. The molecule has 0 aliphatic heterocycles. The molecular formula is C11H18N2OS. The van der Waals surface area contributed by atoms with Gasteiger partial charge < -0.3 is 11.1 Å². The van der Waals surface area contributed by atoms with E-state index in [2.05, 4.69) is 23.7 Å². The summed E-state index contributed by atoms with van der Waals surface area (Å²) in [4.78, 5) is 12.7. The van der Waals surface area contributed by atoms with Gasteiger partial charge in [0.1, 0.15) is 0 Å². The Morgan fingerprint density at radius 2 is 2.33 bits per heavy atom. The zero-order valence-electron chi connectivity index (χ0n) is 9.25. The number of carbonyl (C=O) groups is 1. The van der Waals surface area contributed by atoms with E-state index in [4.69, 9.17) is 5.73 Å². The van der Waals surface area contributed by atoms with Crippen molar-refractivity contribution >= 4 is 17.2 Å². The monoisotopic (exact) mass is 226 g/mol. The number of thiophene rings is 1. The Morgan fingerprint density at radius 3 is 2.93 bits per heavy atom. The molecule has 1 unspecified atom stereocenters. The standard InChI is InChI=1S/C11H18N2OS/c1-3-8-5-6-15-10(8)7-13-11(14)9(12)4-2/h5-6,9H,3-4,7,12H2,1-2H3,(H,13,14). The predicted molar refractivity (Wildman–Crippen MR) is 63.8 cm³/mol. The second kappa shape index (κ2) is 5.88. The molecule has 0 saturated heterocycles. The van der Waals surface area contributed by atoms with Crippen LogP contribution in [0.15, 0.2) is 11.4 Å². The summed E-state index contributed by atoms with van der Waals surface area (Å²) in [6, 6.07) is 1.72. The highest BCUT2D eigenvalue weighted by Gasteiger charge is 2.11. The number of amides is 1.